The first kappa shape index (κ1) is 31.2. The molecule has 0 heterocycles. The first-order chi connectivity index (χ1) is 27.3. The third-order valence-electron chi connectivity index (χ3n) is 14.1. The SMILES string of the molecule is c1ccc(N(c2cccc3ccccc23)C2CCC3C(C2)C2(c4ccccc4-c4ccccc42)c2ccccc2C32c3ccccc3-c3ccccc32)cc1. The Kier molecular flexibility index (Phi) is 6.61. The Morgan fingerprint density at radius 1 is 0.364 bits per heavy atom. The van der Waals surface area contributed by atoms with Crippen LogP contribution >= 0.6 is 0 Å². The van der Waals surface area contributed by atoms with E-state index in [0.29, 0.717) is 17.9 Å². The highest BCUT2D eigenvalue weighted by Crippen LogP contribution is 2.71. The second-order valence-corrected chi connectivity index (χ2v) is 16.2. The number of para-hydroxylation sites is 1. The number of anilines is 2. The number of rotatable bonds is 3. The van der Waals surface area contributed by atoms with Crippen molar-refractivity contribution in [3.8, 4) is 22.3 Å². The molecule has 0 bridgehead atoms. The summed E-state index contributed by atoms with van der Waals surface area (Å²) in [4.78, 5) is 2.72. The van der Waals surface area contributed by atoms with Crippen LogP contribution in [0.15, 0.2) is 194 Å². The molecule has 2 spiro atoms. The van der Waals surface area contributed by atoms with Crippen LogP contribution in [0.2, 0.25) is 0 Å². The summed E-state index contributed by atoms with van der Waals surface area (Å²) in [5.74, 6) is 0.680. The van der Waals surface area contributed by atoms with Crippen LogP contribution in [0.1, 0.15) is 52.6 Å². The number of hydrogen-bond acceptors (Lipinski definition) is 1. The van der Waals surface area contributed by atoms with Crippen LogP contribution in [-0.4, -0.2) is 6.04 Å². The standard InChI is InChI=1S/C54H41N/c1-2-19-37(20-3-1)55(52-32-16-18-36-17-4-5-21-39(36)52)38-33-34-50-51(35-38)54(46-28-12-8-24-42(46)43-25-9-13-29-47(43)54)49-31-15-14-30-48(49)53(50)44-26-10-6-22-40(44)41-23-7-11-27-45(41)53/h1-32,38,50-51H,33-35H2. The van der Waals surface area contributed by atoms with Gasteiger partial charge in [-0.25, -0.2) is 0 Å². The van der Waals surface area contributed by atoms with Gasteiger partial charge in [-0.2, -0.15) is 0 Å². The van der Waals surface area contributed by atoms with E-state index in [0.717, 1.165) is 19.3 Å². The second-order valence-electron chi connectivity index (χ2n) is 16.2. The molecule has 1 nitrogen and oxygen atoms in total. The first-order valence-electron chi connectivity index (χ1n) is 20.1. The Morgan fingerprint density at radius 3 is 1.36 bits per heavy atom. The lowest BCUT2D eigenvalue weighted by Crippen LogP contribution is -2.58. The lowest BCUT2D eigenvalue weighted by molar-refractivity contribution is 0.102. The summed E-state index contributed by atoms with van der Waals surface area (Å²) in [5, 5.41) is 2.60. The van der Waals surface area contributed by atoms with E-state index in [9.17, 15) is 0 Å². The molecule has 55 heavy (non-hydrogen) atoms. The van der Waals surface area contributed by atoms with Crippen molar-refractivity contribution in [2.24, 2.45) is 11.8 Å². The number of benzene rings is 8. The van der Waals surface area contributed by atoms with Crippen LogP contribution in [0.4, 0.5) is 11.4 Å². The molecule has 4 aliphatic rings. The molecule has 8 aromatic carbocycles. The third-order valence-corrected chi connectivity index (χ3v) is 14.1. The van der Waals surface area contributed by atoms with Crippen molar-refractivity contribution in [2.45, 2.75) is 36.1 Å². The Labute approximate surface area is 323 Å². The average molecular weight is 704 g/mol. The van der Waals surface area contributed by atoms with E-state index in [4.69, 9.17) is 0 Å². The predicted octanol–water partition coefficient (Wildman–Crippen LogP) is 13.1. The van der Waals surface area contributed by atoms with Crippen molar-refractivity contribution in [1.82, 2.24) is 0 Å². The molecule has 0 aromatic heterocycles. The molecule has 1 saturated carbocycles. The molecule has 0 amide bonds. The Balaban J connectivity index is 1.17. The monoisotopic (exact) mass is 703 g/mol. The highest BCUT2D eigenvalue weighted by atomic mass is 15.2. The lowest BCUT2D eigenvalue weighted by Gasteiger charge is -2.60. The van der Waals surface area contributed by atoms with Crippen LogP contribution in [0.5, 0.6) is 0 Å². The van der Waals surface area contributed by atoms with Gasteiger partial charge in [0.05, 0.1) is 0 Å². The highest BCUT2D eigenvalue weighted by molar-refractivity contribution is 5.96. The lowest BCUT2D eigenvalue weighted by atomic mass is 9.43. The van der Waals surface area contributed by atoms with Gasteiger partial charge in [-0.05, 0) is 110 Å². The molecule has 1 fully saturated rings. The Hall–Kier alpha value is -6.18. The molecule has 1 heteroatoms. The smallest absolute Gasteiger partial charge is 0.0498 e. The van der Waals surface area contributed by atoms with E-state index in [-0.39, 0.29) is 10.8 Å². The Bertz CT molecular complexity index is 2700. The van der Waals surface area contributed by atoms with Gasteiger partial charge in [0.2, 0.25) is 0 Å². The molecule has 0 radical (unpaired) electrons. The summed E-state index contributed by atoms with van der Waals surface area (Å²) in [5.41, 5.74) is 16.5. The fraction of sp³-hybridized carbons (Fsp3) is 0.148. The van der Waals surface area contributed by atoms with E-state index in [2.05, 4.69) is 199 Å². The fourth-order valence-electron chi connectivity index (χ4n) is 12.4. The van der Waals surface area contributed by atoms with Gasteiger partial charge < -0.3 is 4.90 Å². The molecular formula is C54H41N. The zero-order valence-corrected chi connectivity index (χ0v) is 30.8. The van der Waals surface area contributed by atoms with Crippen molar-refractivity contribution in [3.05, 3.63) is 228 Å². The largest absolute Gasteiger partial charge is 0.338 e. The van der Waals surface area contributed by atoms with Gasteiger partial charge in [-0.1, -0.05) is 176 Å². The van der Waals surface area contributed by atoms with Crippen LogP contribution in [0.25, 0.3) is 33.0 Å². The quantitative estimate of drug-likeness (QED) is 0.177. The second kappa shape index (κ2) is 11.7. The maximum Gasteiger partial charge on any atom is 0.0498 e. The van der Waals surface area contributed by atoms with E-state index in [1.807, 2.05) is 0 Å². The van der Waals surface area contributed by atoms with Gasteiger partial charge in [-0.15, -0.1) is 0 Å². The average Bonchev–Trinajstić information content (AvgIpc) is 3.72. The molecule has 3 atom stereocenters. The first-order valence-corrected chi connectivity index (χ1v) is 20.1. The zero-order valence-electron chi connectivity index (χ0n) is 30.8. The fourth-order valence-corrected chi connectivity index (χ4v) is 12.4. The van der Waals surface area contributed by atoms with Gasteiger partial charge in [0.1, 0.15) is 0 Å². The van der Waals surface area contributed by atoms with Crippen molar-refractivity contribution < 1.29 is 0 Å². The highest BCUT2D eigenvalue weighted by Gasteiger charge is 2.66. The Morgan fingerprint density at radius 2 is 0.800 bits per heavy atom. The zero-order chi connectivity index (χ0) is 36.1. The summed E-state index contributed by atoms with van der Waals surface area (Å²) >= 11 is 0. The van der Waals surface area contributed by atoms with Crippen LogP contribution in [0, 0.1) is 11.8 Å². The number of nitrogens with zero attached hydrogens (tertiary/aromatic N) is 1. The molecule has 262 valence electrons. The van der Waals surface area contributed by atoms with Gasteiger partial charge in [0, 0.05) is 33.6 Å². The van der Waals surface area contributed by atoms with Crippen LogP contribution in [0.3, 0.4) is 0 Å². The third kappa shape index (κ3) is 3.98. The van der Waals surface area contributed by atoms with Crippen molar-refractivity contribution in [1.29, 1.82) is 0 Å². The van der Waals surface area contributed by atoms with Crippen molar-refractivity contribution in [2.75, 3.05) is 4.90 Å². The van der Waals surface area contributed by atoms with Crippen LogP contribution in [-0.2, 0) is 10.8 Å². The summed E-state index contributed by atoms with van der Waals surface area (Å²) < 4.78 is 0. The van der Waals surface area contributed by atoms with Gasteiger partial charge >= 0.3 is 0 Å². The maximum absolute atomic E-state index is 2.72. The molecular weight excluding hydrogens is 663 g/mol. The molecule has 0 saturated heterocycles. The molecule has 12 rings (SSSR count). The minimum atomic E-state index is -0.300. The minimum Gasteiger partial charge on any atom is -0.338 e. The molecule has 0 N–H and O–H groups in total. The van der Waals surface area contributed by atoms with Gasteiger partial charge in [0.15, 0.2) is 0 Å². The summed E-state index contributed by atoms with van der Waals surface area (Å²) in [6.45, 7) is 0. The van der Waals surface area contributed by atoms with Crippen molar-refractivity contribution >= 4 is 22.1 Å². The molecule has 3 unspecified atom stereocenters. The van der Waals surface area contributed by atoms with Gasteiger partial charge in [-0.3, -0.25) is 0 Å². The molecule has 4 aliphatic carbocycles. The maximum atomic E-state index is 2.72. The van der Waals surface area contributed by atoms with E-state index in [1.165, 1.54) is 77.8 Å². The normalized spacial score (nSPS) is 20.3. The van der Waals surface area contributed by atoms with E-state index in [1.54, 1.807) is 0 Å². The topological polar surface area (TPSA) is 3.24 Å². The summed E-state index contributed by atoms with van der Waals surface area (Å²) in [6.07, 6.45) is 3.28. The van der Waals surface area contributed by atoms with E-state index < -0.39 is 0 Å². The number of hydrogen-bond donors (Lipinski definition) is 0. The predicted molar refractivity (Wildman–Crippen MR) is 227 cm³/mol. The number of fused-ring (bicyclic) bond motifs is 17. The molecule has 8 aromatic rings. The molecule has 0 aliphatic heterocycles. The van der Waals surface area contributed by atoms with E-state index >= 15 is 0 Å². The summed E-state index contributed by atoms with van der Waals surface area (Å²) in [6, 6.07) is 74.5. The van der Waals surface area contributed by atoms with Crippen LogP contribution < -0.4 is 4.90 Å². The van der Waals surface area contributed by atoms with Gasteiger partial charge in [0.25, 0.3) is 0 Å². The van der Waals surface area contributed by atoms with Crippen molar-refractivity contribution in [3.63, 3.8) is 0 Å². The minimum absolute atomic E-state index is 0.256. The summed E-state index contributed by atoms with van der Waals surface area (Å²) in [7, 11) is 0.